The van der Waals surface area contributed by atoms with Crippen molar-refractivity contribution in [1.82, 2.24) is 5.32 Å². The van der Waals surface area contributed by atoms with Gasteiger partial charge in [0.15, 0.2) is 0 Å². The summed E-state index contributed by atoms with van der Waals surface area (Å²) in [5, 5.41) is 3.27. The highest BCUT2D eigenvalue weighted by molar-refractivity contribution is 9.11. The topological polar surface area (TPSA) is 21.3 Å². The minimum atomic E-state index is 0. The fourth-order valence-electron chi connectivity index (χ4n) is 1.48. The Morgan fingerprint density at radius 2 is 2.13 bits per heavy atom. The molecule has 15 heavy (non-hydrogen) atoms. The molecule has 0 amide bonds. The van der Waals surface area contributed by atoms with Crippen molar-refractivity contribution in [2.45, 2.75) is 12.5 Å². The Morgan fingerprint density at radius 3 is 2.73 bits per heavy atom. The van der Waals surface area contributed by atoms with Crippen LogP contribution in [-0.2, 0) is 0 Å². The summed E-state index contributed by atoms with van der Waals surface area (Å²) in [6, 6.07) is 5.96. The molecule has 2 nitrogen and oxygen atoms in total. The van der Waals surface area contributed by atoms with Crippen molar-refractivity contribution in [2.75, 3.05) is 13.1 Å². The second-order valence-corrected chi connectivity index (χ2v) is 5.08. The van der Waals surface area contributed by atoms with Crippen molar-refractivity contribution in [1.29, 1.82) is 0 Å². The van der Waals surface area contributed by atoms with E-state index in [0.717, 1.165) is 34.2 Å². The molecule has 2 rings (SSSR count). The highest BCUT2D eigenvalue weighted by Crippen LogP contribution is 2.29. The highest BCUT2D eigenvalue weighted by atomic mass is 79.9. The van der Waals surface area contributed by atoms with Crippen molar-refractivity contribution in [3.63, 3.8) is 0 Å². The van der Waals surface area contributed by atoms with E-state index in [9.17, 15) is 0 Å². The van der Waals surface area contributed by atoms with Crippen LogP contribution in [0.4, 0.5) is 0 Å². The third-order valence-electron chi connectivity index (χ3n) is 2.20. The minimum absolute atomic E-state index is 0. The van der Waals surface area contributed by atoms with Crippen LogP contribution in [0.5, 0.6) is 5.75 Å². The number of nitrogens with one attached hydrogen (secondary N) is 1. The van der Waals surface area contributed by atoms with Crippen LogP contribution >= 0.6 is 44.3 Å². The number of ether oxygens (including phenoxy) is 1. The third kappa shape index (κ3) is 3.63. The van der Waals surface area contributed by atoms with Crippen molar-refractivity contribution >= 4 is 44.3 Å². The second kappa shape index (κ2) is 6.09. The van der Waals surface area contributed by atoms with E-state index in [4.69, 9.17) is 4.74 Å². The first-order valence-corrected chi connectivity index (χ1v) is 6.17. The molecule has 1 atom stereocenters. The Labute approximate surface area is 112 Å². The van der Waals surface area contributed by atoms with Crippen LogP contribution in [0.2, 0.25) is 0 Å². The maximum Gasteiger partial charge on any atom is 0.134 e. The van der Waals surface area contributed by atoms with Crippen molar-refractivity contribution in [3.05, 3.63) is 27.1 Å². The third-order valence-corrected chi connectivity index (χ3v) is 3.32. The summed E-state index contributed by atoms with van der Waals surface area (Å²) in [6.45, 7) is 2.00. The molecule has 0 aliphatic carbocycles. The van der Waals surface area contributed by atoms with Crippen LogP contribution < -0.4 is 10.1 Å². The molecule has 1 heterocycles. The Morgan fingerprint density at radius 1 is 1.33 bits per heavy atom. The number of hydrogen-bond donors (Lipinski definition) is 1. The lowest BCUT2D eigenvalue weighted by molar-refractivity contribution is 0.221. The van der Waals surface area contributed by atoms with Gasteiger partial charge in [0, 0.05) is 11.0 Å². The fourth-order valence-corrected chi connectivity index (χ4v) is 2.62. The number of rotatable bonds is 2. The van der Waals surface area contributed by atoms with Gasteiger partial charge >= 0.3 is 0 Å². The summed E-state index contributed by atoms with van der Waals surface area (Å²) in [5.41, 5.74) is 0. The van der Waals surface area contributed by atoms with Gasteiger partial charge in [-0.15, -0.1) is 12.4 Å². The fraction of sp³-hybridized carbons (Fsp3) is 0.400. The molecule has 0 radical (unpaired) electrons. The molecule has 1 unspecified atom stereocenters. The lowest BCUT2D eigenvalue weighted by atomic mass is 10.3. The summed E-state index contributed by atoms with van der Waals surface area (Å²) in [5.74, 6) is 0.918. The van der Waals surface area contributed by atoms with Gasteiger partial charge in [-0.3, -0.25) is 0 Å². The minimum Gasteiger partial charge on any atom is -0.488 e. The zero-order valence-corrected chi connectivity index (χ0v) is 12.0. The van der Waals surface area contributed by atoms with Gasteiger partial charge in [0.05, 0.1) is 4.47 Å². The van der Waals surface area contributed by atoms with Gasteiger partial charge in [-0.1, -0.05) is 15.9 Å². The Bertz CT molecular complexity index is 329. The first-order chi connectivity index (χ1) is 6.75. The number of halogens is 3. The molecule has 1 aromatic carbocycles. The first kappa shape index (κ1) is 13.3. The number of benzene rings is 1. The first-order valence-electron chi connectivity index (χ1n) is 4.58. The molecule has 0 spiro atoms. The van der Waals surface area contributed by atoms with E-state index in [-0.39, 0.29) is 12.4 Å². The van der Waals surface area contributed by atoms with Gasteiger partial charge in [-0.05, 0) is 47.1 Å². The molecule has 5 heteroatoms. The second-order valence-electron chi connectivity index (χ2n) is 3.31. The molecule has 0 aromatic heterocycles. The van der Waals surface area contributed by atoms with Crippen LogP contribution in [-0.4, -0.2) is 19.2 Å². The van der Waals surface area contributed by atoms with E-state index in [1.165, 1.54) is 0 Å². The Kier molecular flexibility index (Phi) is 5.39. The Hall–Kier alpha value is 0.230. The summed E-state index contributed by atoms with van der Waals surface area (Å²) in [4.78, 5) is 0. The molecule has 1 aliphatic rings. The van der Waals surface area contributed by atoms with Gasteiger partial charge in [0.1, 0.15) is 11.9 Å². The predicted molar refractivity (Wildman–Crippen MR) is 71.0 cm³/mol. The summed E-state index contributed by atoms with van der Waals surface area (Å²) in [7, 11) is 0. The molecule has 1 aliphatic heterocycles. The van der Waals surface area contributed by atoms with Gasteiger partial charge < -0.3 is 10.1 Å². The normalized spacial score (nSPS) is 19.7. The lowest BCUT2D eigenvalue weighted by Crippen LogP contribution is -2.19. The largest absolute Gasteiger partial charge is 0.488 e. The molecular weight excluding hydrogens is 345 g/mol. The molecular formula is C10H12Br2ClNO. The molecule has 84 valence electrons. The van der Waals surface area contributed by atoms with E-state index in [1.54, 1.807) is 0 Å². The zero-order chi connectivity index (χ0) is 9.97. The van der Waals surface area contributed by atoms with Gasteiger partial charge in [0.25, 0.3) is 0 Å². The van der Waals surface area contributed by atoms with E-state index in [1.807, 2.05) is 18.2 Å². The van der Waals surface area contributed by atoms with Crippen LogP contribution in [0.25, 0.3) is 0 Å². The maximum absolute atomic E-state index is 5.83. The highest BCUT2D eigenvalue weighted by Gasteiger charge is 2.16. The molecule has 1 saturated heterocycles. The number of hydrogen-bond acceptors (Lipinski definition) is 2. The van der Waals surface area contributed by atoms with Crippen LogP contribution in [0.3, 0.4) is 0 Å². The smallest absolute Gasteiger partial charge is 0.134 e. The monoisotopic (exact) mass is 355 g/mol. The summed E-state index contributed by atoms with van der Waals surface area (Å²) >= 11 is 6.89. The van der Waals surface area contributed by atoms with E-state index in [0.29, 0.717) is 6.10 Å². The molecule has 1 fully saturated rings. The zero-order valence-electron chi connectivity index (χ0n) is 8.00. The van der Waals surface area contributed by atoms with E-state index >= 15 is 0 Å². The van der Waals surface area contributed by atoms with Crippen LogP contribution in [0, 0.1) is 0 Å². The Balaban J connectivity index is 0.00000112. The summed E-state index contributed by atoms with van der Waals surface area (Å²) < 4.78 is 7.89. The van der Waals surface area contributed by atoms with Gasteiger partial charge in [0.2, 0.25) is 0 Å². The van der Waals surface area contributed by atoms with Crippen LogP contribution in [0.15, 0.2) is 27.1 Å². The molecule has 0 bridgehead atoms. The summed E-state index contributed by atoms with van der Waals surface area (Å²) in [6.07, 6.45) is 1.40. The standard InChI is InChI=1S/C10H11Br2NO.ClH/c11-7-1-2-10(9(12)5-7)14-8-3-4-13-6-8;/h1-2,5,8,13H,3-4,6H2;1H. The quantitative estimate of drug-likeness (QED) is 0.876. The van der Waals surface area contributed by atoms with Crippen molar-refractivity contribution in [3.8, 4) is 5.75 Å². The molecule has 1 N–H and O–H groups in total. The average molecular weight is 357 g/mol. The molecule has 1 aromatic rings. The van der Waals surface area contributed by atoms with E-state index in [2.05, 4.69) is 37.2 Å². The van der Waals surface area contributed by atoms with Crippen molar-refractivity contribution in [2.24, 2.45) is 0 Å². The van der Waals surface area contributed by atoms with Crippen molar-refractivity contribution < 1.29 is 4.74 Å². The predicted octanol–water partition coefficient (Wildman–Crippen LogP) is 3.37. The lowest BCUT2D eigenvalue weighted by Gasteiger charge is -2.13. The molecule has 0 saturated carbocycles. The van der Waals surface area contributed by atoms with Crippen LogP contribution in [0.1, 0.15) is 6.42 Å². The van der Waals surface area contributed by atoms with Gasteiger partial charge in [-0.2, -0.15) is 0 Å². The maximum atomic E-state index is 5.83. The van der Waals surface area contributed by atoms with Gasteiger partial charge in [-0.25, -0.2) is 0 Å². The average Bonchev–Trinajstić information content (AvgIpc) is 2.62. The SMILES string of the molecule is Brc1ccc(OC2CCNC2)c(Br)c1.Cl. The van der Waals surface area contributed by atoms with E-state index < -0.39 is 0 Å².